The van der Waals surface area contributed by atoms with E-state index >= 15 is 0 Å². The van der Waals surface area contributed by atoms with E-state index in [4.69, 9.17) is 9.40 Å². The minimum Gasteiger partial charge on any atom is 0 e. The molecule has 0 saturated heterocycles. The largest absolute Gasteiger partial charge is 0 e. The van der Waals surface area contributed by atoms with Gasteiger partial charge in [-0.15, -0.1) is 18.2 Å². The van der Waals surface area contributed by atoms with Gasteiger partial charge in [-0.3, -0.25) is 4.98 Å². The minimum absolute atomic E-state index is 0. The Balaban J connectivity index is 0.000000216. The number of hydrogen-bond donors (Lipinski definition) is 0. The monoisotopic (exact) mass is 930 g/mol. The minimum atomic E-state index is -1.72. The number of para-hydroxylation sites is 1. The van der Waals surface area contributed by atoms with Crippen LogP contribution < -0.4 is 4.40 Å². The van der Waals surface area contributed by atoms with Crippen molar-refractivity contribution in [3.63, 3.8) is 0 Å². The van der Waals surface area contributed by atoms with Gasteiger partial charge in [-0.2, -0.15) is 0 Å². The number of hydrogen-bond acceptors (Lipinski definition) is 3. The fourth-order valence-electron chi connectivity index (χ4n) is 6.76. The van der Waals surface area contributed by atoms with E-state index in [2.05, 4.69) is 145 Å². The zero-order chi connectivity index (χ0) is 36.0. The van der Waals surface area contributed by atoms with Crippen LogP contribution in [0.1, 0.15) is 26.3 Å². The van der Waals surface area contributed by atoms with Gasteiger partial charge >= 0.3 is 99.8 Å². The Hall–Kier alpha value is -4.81. The first-order valence-corrected chi connectivity index (χ1v) is 25.2. The third kappa shape index (κ3) is 7.14. The molecular weight excluding hydrogens is 887 g/mol. The Morgan fingerprint density at radius 1 is 0.679 bits per heavy atom. The molecule has 0 saturated carbocycles. The molecule has 0 spiro atoms. The molecule has 4 nitrogen and oxygen atoms in total. The fraction of sp³-hybridized carbons (Fsp3) is 0.149. The van der Waals surface area contributed by atoms with Crippen molar-refractivity contribution < 1.29 is 24.5 Å². The van der Waals surface area contributed by atoms with Gasteiger partial charge in [0.05, 0.1) is 22.4 Å². The Morgan fingerprint density at radius 3 is 2.11 bits per heavy atom. The Labute approximate surface area is 327 Å². The molecule has 0 atom stereocenters. The maximum Gasteiger partial charge on any atom is 0 e. The SMILES string of the molecule is CC(C)(C)c1ccc(-n2c(-c3[c-]ccc4c3oc3ccccc34)nc3c4ccccc4ccc32)cc1.[CH3][Ge]([CH3])([CH3])[c]1ccc(-c2[c-]cccc2)nc1.[Ir]. The van der Waals surface area contributed by atoms with Crippen molar-refractivity contribution in [1.29, 1.82) is 0 Å². The molecule has 9 aromatic rings. The second kappa shape index (κ2) is 14.5. The molecule has 0 unspecified atom stereocenters. The van der Waals surface area contributed by atoms with Crippen molar-refractivity contribution in [1.82, 2.24) is 14.5 Å². The van der Waals surface area contributed by atoms with Crippen molar-refractivity contribution in [3.8, 4) is 28.3 Å². The quantitative estimate of drug-likeness (QED) is 0.130. The van der Waals surface area contributed by atoms with Crippen molar-refractivity contribution in [2.45, 2.75) is 43.5 Å². The second-order valence-corrected chi connectivity index (χ2v) is 26.0. The molecule has 0 aliphatic heterocycles. The van der Waals surface area contributed by atoms with Gasteiger partial charge < -0.3 is 8.98 Å². The molecule has 0 fully saturated rings. The van der Waals surface area contributed by atoms with Gasteiger partial charge in [-0.25, -0.2) is 0 Å². The van der Waals surface area contributed by atoms with Crippen LogP contribution in [0.15, 0.2) is 144 Å². The molecule has 6 aromatic carbocycles. The van der Waals surface area contributed by atoms with E-state index in [1.54, 1.807) is 0 Å². The van der Waals surface area contributed by atoms with Gasteiger partial charge in [0.25, 0.3) is 0 Å². The molecule has 0 amide bonds. The van der Waals surface area contributed by atoms with Gasteiger partial charge in [0, 0.05) is 36.6 Å². The van der Waals surface area contributed by atoms with Crippen molar-refractivity contribution >= 4 is 61.4 Å². The van der Waals surface area contributed by atoms with Crippen molar-refractivity contribution in [3.05, 3.63) is 157 Å². The molecule has 6 heteroatoms. The summed E-state index contributed by atoms with van der Waals surface area (Å²) in [7, 11) is 0. The number of fused-ring (bicyclic) bond motifs is 6. The molecule has 53 heavy (non-hydrogen) atoms. The average molecular weight is 929 g/mol. The molecule has 9 rings (SSSR count). The molecule has 0 bridgehead atoms. The summed E-state index contributed by atoms with van der Waals surface area (Å²) in [6, 6.07) is 52.8. The zero-order valence-corrected chi connectivity index (χ0v) is 35.4. The predicted octanol–water partition coefficient (Wildman–Crippen LogP) is 11.9. The fourth-order valence-corrected chi connectivity index (χ4v) is 8.93. The molecule has 3 aromatic heterocycles. The van der Waals surface area contributed by atoms with Gasteiger partial charge in [0.1, 0.15) is 5.58 Å². The molecule has 0 aliphatic rings. The molecular formula is C47H41GeIrN3O-2. The van der Waals surface area contributed by atoms with Crippen LogP contribution >= 0.6 is 0 Å². The predicted molar refractivity (Wildman–Crippen MR) is 220 cm³/mol. The van der Waals surface area contributed by atoms with E-state index in [1.807, 2.05) is 54.7 Å². The van der Waals surface area contributed by atoms with Crippen molar-refractivity contribution in [2.24, 2.45) is 0 Å². The number of aromatic nitrogens is 3. The second-order valence-electron chi connectivity index (χ2n) is 15.4. The molecule has 0 aliphatic carbocycles. The van der Waals surface area contributed by atoms with Gasteiger partial charge in [0.2, 0.25) is 0 Å². The summed E-state index contributed by atoms with van der Waals surface area (Å²) in [6.07, 6.45) is 2.04. The van der Waals surface area contributed by atoms with E-state index in [0.29, 0.717) is 0 Å². The number of rotatable bonds is 4. The normalized spacial score (nSPS) is 11.8. The maximum absolute atomic E-state index is 6.39. The van der Waals surface area contributed by atoms with Crippen LogP contribution in [-0.4, -0.2) is 27.8 Å². The first kappa shape index (κ1) is 36.5. The first-order valence-electron chi connectivity index (χ1n) is 17.8. The summed E-state index contributed by atoms with van der Waals surface area (Å²) in [5, 5.41) is 4.49. The number of benzene rings is 6. The van der Waals surface area contributed by atoms with Crippen LogP contribution in [-0.2, 0) is 25.5 Å². The smallest absolute Gasteiger partial charge is 0 e. The van der Waals surface area contributed by atoms with E-state index in [0.717, 1.165) is 66.7 Å². The van der Waals surface area contributed by atoms with Gasteiger partial charge in [-0.1, -0.05) is 92.4 Å². The Morgan fingerprint density at radius 2 is 1.42 bits per heavy atom. The van der Waals surface area contributed by atoms with Gasteiger partial charge in [-0.05, 0) is 40.6 Å². The van der Waals surface area contributed by atoms with Crippen LogP contribution in [0.5, 0.6) is 0 Å². The van der Waals surface area contributed by atoms with E-state index < -0.39 is 13.3 Å². The van der Waals surface area contributed by atoms with Crippen molar-refractivity contribution in [2.75, 3.05) is 0 Å². The van der Waals surface area contributed by atoms with Crippen LogP contribution in [0.3, 0.4) is 0 Å². The summed E-state index contributed by atoms with van der Waals surface area (Å²) in [5.74, 6) is 7.97. The number of furan rings is 1. The summed E-state index contributed by atoms with van der Waals surface area (Å²) in [4.78, 5) is 9.78. The third-order valence-electron chi connectivity index (χ3n) is 9.72. The average Bonchev–Trinajstić information content (AvgIpc) is 3.74. The number of pyridine rings is 1. The summed E-state index contributed by atoms with van der Waals surface area (Å²) >= 11 is -1.72. The van der Waals surface area contributed by atoms with E-state index in [1.165, 1.54) is 15.3 Å². The van der Waals surface area contributed by atoms with Crippen LogP contribution in [0.4, 0.5) is 0 Å². The van der Waals surface area contributed by atoms with E-state index in [-0.39, 0.29) is 25.5 Å². The topological polar surface area (TPSA) is 43.9 Å². The summed E-state index contributed by atoms with van der Waals surface area (Å²) in [5.41, 5.74) is 9.11. The number of nitrogens with zero attached hydrogens (tertiary/aromatic N) is 3. The van der Waals surface area contributed by atoms with Crippen LogP contribution in [0.2, 0.25) is 17.3 Å². The summed E-state index contributed by atoms with van der Waals surface area (Å²) in [6.45, 7) is 6.72. The number of imidazole rings is 1. The zero-order valence-electron chi connectivity index (χ0n) is 30.9. The third-order valence-corrected chi connectivity index (χ3v) is 14.0. The molecule has 265 valence electrons. The maximum atomic E-state index is 6.39. The standard InChI is InChI=1S/C33H25N2O.C14H16GeN.Ir/c1-33(2,3)22-16-18-23(19-17-22)35-28-20-15-21-9-4-5-10-24(21)30(28)34-32(35)27-13-8-12-26-25-11-6-7-14-29(25)36-31(26)27;1-15(2,3)13-9-10-14(16-11-13)12-7-5-4-6-8-12;/h4-12,14-20H,1-3H3;4-7,9-11H,1-3H3;/q2*-1;. The first-order chi connectivity index (χ1) is 25.1. The molecule has 3 heterocycles. The van der Waals surface area contributed by atoms with Crippen LogP contribution in [0.25, 0.3) is 72.1 Å². The molecule has 1 radical (unpaired) electrons. The van der Waals surface area contributed by atoms with E-state index in [9.17, 15) is 0 Å². The van der Waals surface area contributed by atoms with Crippen LogP contribution in [0, 0.1) is 12.1 Å². The molecule has 0 N–H and O–H groups in total. The van der Waals surface area contributed by atoms with Gasteiger partial charge in [0.15, 0.2) is 0 Å². The summed E-state index contributed by atoms with van der Waals surface area (Å²) < 4.78 is 10.1. The Kier molecular flexibility index (Phi) is 10.0. The Bertz CT molecular complexity index is 2680.